The second-order valence-electron chi connectivity index (χ2n) is 3.07. The Labute approximate surface area is 81.4 Å². The Bertz CT molecular complexity index is 434. The number of H-pyrrole nitrogens is 1. The highest BCUT2D eigenvalue weighted by Crippen LogP contribution is 2.19. The molecule has 0 aromatic carbocycles. The van der Waals surface area contributed by atoms with Crippen LogP contribution in [-0.4, -0.2) is 20.4 Å². The first-order valence-corrected chi connectivity index (χ1v) is 4.33. The lowest BCUT2D eigenvalue weighted by molar-refractivity contribution is 0.962. The number of aromatic nitrogens is 4. The van der Waals surface area contributed by atoms with Crippen molar-refractivity contribution in [1.29, 1.82) is 0 Å². The fourth-order valence-electron chi connectivity index (χ4n) is 1.30. The van der Waals surface area contributed by atoms with Crippen LogP contribution >= 0.6 is 0 Å². The normalized spacial score (nSPS) is 10.4. The van der Waals surface area contributed by atoms with Crippen molar-refractivity contribution < 1.29 is 0 Å². The van der Waals surface area contributed by atoms with Crippen molar-refractivity contribution in [3.63, 3.8) is 0 Å². The summed E-state index contributed by atoms with van der Waals surface area (Å²) in [6.07, 6.45) is 3.34. The first-order chi connectivity index (χ1) is 6.81. The molecular weight excluding hydrogens is 178 g/mol. The van der Waals surface area contributed by atoms with Crippen LogP contribution in [0.5, 0.6) is 0 Å². The molecule has 0 spiro atoms. The van der Waals surface area contributed by atoms with Gasteiger partial charge in [0.1, 0.15) is 0 Å². The summed E-state index contributed by atoms with van der Waals surface area (Å²) in [4.78, 5) is 0. The molecule has 5 heteroatoms. The fraction of sp³-hybridized carbons (Fsp3) is 0.222. The molecule has 14 heavy (non-hydrogen) atoms. The van der Waals surface area contributed by atoms with Crippen molar-refractivity contribution in [2.24, 2.45) is 5.73 Å². The number of rotatable bonds is 2. The Balaban J connectivity index is 2.50. The van der Waals surface area contributed by atoms with E-state index in [1.54, 1.807) is 12.4 Å². The van der Waals surface area contributed by atoms with E-state index in [-0.39, 0.29) is 0 Å². The molecule has 0 radical (unpaired) electrons. The minimum Gasteiger partial charge on any atom is -0.326 e. The maximum Gasteiger partial charge on any atom is 0.0943 e. The topological polar surface area (TPSA) is 80.5 Å². The van der Waals surface area contributed by atoms with E-state index in [9.17, 15) is 0 Å². The molecule has 0 unspecified atom stereocenters. The summed E-state index contributed by atoms with van der Waals surface area (Å²) in [6.45, 7) is 2.39. The molecule has 0 saturated heterocycles. The Morgan fingerprint density at radius 2 is 2.14 bits per heavy atom. The zero-order valence-electron chi connectivity index (χ0n) is 7.86. The van der Waals surface area contributed by atoms with Crippen LogP contribution in [0.4, 0.5) is 0 Å². The average Bonchev–Trinajstić information content (AvgIpc) is 2.65. The largest absolute Gasteiger partial charge is 0.326 e. The molecule has 0 aliphatic heterocycles. The first-order valence-electron chi connectivity index (χ1n) is 4.33. The Morgan fingerprint density at radius 3 is 2.79 bits per heavy atom. The Hall–Kier alpha value is -1.75. The highest BCUT2D eigenvalue weighted by atomic mass is 15.1. The van der Waals surface area contributed by atoms with Crippen LogP contribution < -0.4 is 5.73 Å². The molecule has 5 nitrogen and oxygen atoms in total. The standard InChI is InChI=1S/C9H11N5/c1-6-2-9(14-13-6)8-5-12-11-4-7(8)3-10/h2,4-5H,3,10H2,1H3,(H,13,14). The second kappa shape index (κ2) is 3.55. The Kier molecular flexibility index (Phi) is 2.24. The molecule has 2 rings (SSSR count). The van der Waals surface area contributed by atoms with Crippen LogP contribution in [0.3, 0.4) is 0 Å². The van der Waals surface area contributed by atoms with Gasteiger partial charge in [-0.1, -0.05) is 0 Å². The molecule has 0 bridgehead atoms. The van der Waals surface area contributed by atoms with E-state index in [4.69, 9.17) is 5.73 Å². The third-order valence-corrected chi connectivity index (χ3v) is 2.01. The van der Waals surface area contributed by atoms with Gasteiger partial charge in [0.25, 0.3) is 0 Å². The van der Waals surface area contributed by atoms with Crippen LogP contribution in [0.2, 0.25) is 0 Å². The van der Waals surface area contributed by atoms with E-state index in [1.165, 1.54) is 0 Å². The lowest BCUT2D eigenvalue weighted by Crippen LogP contribution is -2.00. The molecule has 0 aliphatic carbocycles. The summed E-state index contributed by atoms with van der Waals surface area (Å²) in [6, 6.07) is 1.95. The molecular formula is C9H11N5. The third kappa shape index (κ3) is 1.49. The summed E-state index contributed by atoms with van der Waals surface area (Å²) in [7, 11) is 0. The van der Waals surface area contributed by atoms with Gasteiger partial charge < -0.3 is 5.73 Å². The molecule has 3 N–H and O–H groups in total. The van der Waals surface area contributed by atoms with Crippen LogP contribution in [0, 0.1) is 6.92 Å². The maximum absolute atomic E-state index is 5.59. The van der Waals surface area contributed by atoms with E-state index < -0.39 is 0 Å². The van der Waals surface area contributed by atoms with E-state index in [0.29, 0.717) is 6.54 Å². The average molecular weight is 189 g/mol. The molecule has 72 valence electrons. The van der Waals surface area contributed by atoms with Crippen LogP contribution in [0.1, 0.15) is 11.3 Å². The maximum atomic E-state index is 5.59. The van der Waals surface area contributed by atoms with Gasteiger partial charge in [-0.2, -0.15) is 15.3 Å². The molecule has 0 fully saturated rings. The number of hydrogen-bond acceptors (Lipinski definition) is 4. The zero-order valence-corrected chi connectivity index (χ0v) is 7.86. The summed E-state index contributed by atoms with van der Waals surface area (Å²) >= 11 is 0. The van der Waals surface area contributed by atoms with Gasteiger partial charge in [0.15, 0.2) is 0 Å². The molecule has 0 atom stereocenters. The summed E-state index contributed by atoms with van der Waals surface area (Å²) < 4.78 is 0. The van der Waals surface area contributed by atoms with Crippen molar-refractivity contribution in [3.05, 3.63) is 29.7 Å². The van der Waals surface area contributed by atoms with Crippen molar-refractivity contribution in [2.45, 2.75) is 13.5 Å². The molecule has 2 aromatic rings. The van der Waals surface area contributed by atoms with Crippen molar-refractivity contribution in [2.75, 3.05) is 0 Å². The van der Waals surface area contributed by atoms with Gasteiger partial charge in [0.05, 0.1) is 18.1 Å². The van der Waals surface area contributed by atoms with Crippen molar-refractivity contribution in [3.8, 4) is 11.3 Å². The lowest BCUT2D eigenvalue weighted by Gasteiger charge is -2.01. The van der Waals surface area contributed by atoms with Crippen LogP contribution in [0.15, 0.2) is 18.5 Å². The predicted octanol–water partition coefficient (Wildman–Crippen LogP) is 0.634. The van der Waals surface area contributed by atoms with E-state index in [1.807, 2.05) is 13.0 Å². The van der Waals surface area contributed by atoms with E-state index in [0.717, 1.165) is 22.5 Å². The molecule has 0 saturated carbocycles. The smallest absolute Gasteiger partial charge is 0.0943 e. The highest BCUT2D eigenvalue weighted by molar-refractivity contribution is 5.61. The SMILES string of the molecule is Cc1cc(-c2cnncc2CN)n[nH]1. The van der Waals surface area contributed by atoms with Crippen LogP contribution in [0.25, 0.3) is 11.3 Å². The van der Waals surface area contributed by atoms with Gasteiger partial charge in [0, 0.05) is 17.8 Å². The number of nitrogens with one attached hydrogen (secondary N) is 1. The molecule has 0 aliphatic rings. The van der Waals surface area contributed by atoms with Gasteiger partial charge in [-0.3, -0.25) is 5.10 Å². The van der Waals surface area contributed by atoms with E-state index in [2.05, 4.69) is 20.4 Å². The molecule has 0 amide bonds. The quantitative estimate of drug-likeness (QED) is 0.726. The number of hydrogen-bond donors (Lipinski definition) is 2. The monoisotopic (exact) mass is 189 g/mol. The summed E-state index contributed by atoms with van der Waals surface area (Å²) in [5.74, 6) is 0. The van der Waals surface area contributed by atoms with Crippen LogP contribution in [-0.2, 0) is 6.54 Å². The minimum absolute atomic E-state index is 0.441. The number of aromatic amines is 1. The minimum atomic E-state index is 0.441. The van der Waals surface area contributed by atoms with Gasteiger partial charge in [-0.05, 0) is 18.6 Å². The van der Waals surface area contributed by atoms with Gasteiger partial charge in [0.2, 0.25) is 0 Å². The highest BCUT2D eigenvalue weighted by Gasteiger charge is 2.06. The molecule has 2 aromatic heterocycles. The lowest BCUT2D eigenvalue weighted by atomic mass is 10.1. The van der Waals surface area contributed by atoms with Gasteiger partial charge in [-0.25, -0.2) is 0 Å². The second-order valence-corrected chi connectivity index (χ2v) is 3.07. The van der Waals surface area contributed by atoms with E-state index >= 15 is 0 Å². The van der Waals surface area contributed by atoms with Gasteiger partial charge >= 0.3 is 0 Å². The summed E-state index contributed by atoms with van der Waals surface area (Å²) in [5.41, 5.74) is 9.35. The number of nitrogens with zero attached hydrogens (tertiary/aromatic N) is 3. The predicted molar refractivity (Wildman–Crippen MR) is 52.2 cm³/mol. The number of nitrogens with two attached hydrogens (primary N) is 1. The van der Waals surface area contributed by atoms with Crippen molar-refractivity contribution >= 4 is 0 Å². The molecule has 2 heterocycles. The van der Waals surface area contributed by atoms with Crippen molar-refractivity contribution in [1.82, 2.24) is 20.4 Å². The first kappa shape index (κ1) is 8.83. The van der Waals surface area contributed by atoms with Gasteiger partial charge in [-0.15, -0.1) is 0 Å². The Morgan fingerprint density at radius 1 is 1.36 bits per heavy atom. The summed E-state index contributed by atoms with van der Waals surface area (Å²) in [5, 5.41) is 14.6. The zero-order chi connectivity index (χ0) is 9.97. The number of aryl methyl sites for hydroxylation is 1. The third-order valence-electron chi connectivity index (χ3n) is 2.01. The fourth-order valence-corrected chi connectivity index (χ4v) is 1.30.